The Balaban J connectivity index is 1.45. The van der Waals surface area contributed by atoms with Crippen LogP contribution in [0.4, 0.5) is 11.6 Å². The van der Waals surface area contributed by atoms with E-state index < -0.39 is 0 Å². The van der Waals surface area contributed by atoms with Crippen molar-refractivity contribution in [2.24, 2.45) is 0 Å². The summed E-state index contributed by atoms with van der Waals surface area (Å²) in [6, 6.07) is 12.5. The second-order valence-corrected chi connectivity index (χ2v) is 8.17. The highest BCUT2D eigenvalue weighted by Crippen LogP contribution is 2.30. The van der Waals surface area contributed by atoms with E-state index in [0.29, 0.717) is 5.95 Å². The number of hydrogen-bond acceptors (Lipinski definition) is 6. The van der Waals surface area contributed by atoms with E-state index in [-0.39, 0.29) is 0 Å². The predicted octanol–water partition coefficient (Wildman–Crippen LogP) is 4.20. The summed E-state index contributed by atoms with van der Waals surface area (Å²) in [5.41, 5.74) is 7.49. The maximum absolute atomic E-state index is 4.81. The van der Waals surface area contributed by atoms with Gasteiger partial charge in [0.1, 0.15) is 5.69 Å². The van der Waals surface area contributed by atoms with E-state index in [1.807, 2.05) is 35.3 Å². The molecule has 0 saturated heterocycles. The van der Waals surface area contributed by atoms with Crippen LogP contribution in [0.2, 0.25) is 0 Å². The maximum atomic E-state index is 4.81. The fourth-order valence-corrected chi connectivity index (χ4v) is 4.10. The summed E-state index contributed by atoms with van der Waals surface area (Å²) in [5.74, 6) is 0.578. The quantitative estimate of drug-likeness (QED) is 0.517. The van der Waals surface area contributed by atoms with Gasteiger partial charge in [0, 0.05) is 61.2 Å². The number of anilines is 2. The van der Waals surface area contributed by atoms with Gasteiger partial charge in [0.25, 0.3) is 0 Å². The first-order valence-corrected chi connectivity index (χ1v) is 11.1. The highest BCUT2D eigenvalue weighted by Gasteiger charge is 2.16. The van der Waals surface area contributed by atoms with E-state index in [0.717, 1.165) is 60.7 Å². The highest BCUT2D eigenvalue weighted by atomic mass is 15.3. The number of aryl methyl sites for hydroxylation is 1. The van der Waals surface area contributed by atoms with Crippen LogP contribution >= 0.6 is 0 Å². The van der Waals surface area contributed by atoms with Crippen molar-refractivity contribution in [1.29, 1.82) is 0 Å². The molecule has 1 aliphatic heterocycles. The molecule has 1 N–H and O–H groups in total. The van der Waals surface area contributed by atoms with Crippen LogP contribution < -0.4 is 5.32 Å². The molecule has 7 nitrogen and oxygen atoms in total. The lowest BCUT2D eigenvalue weighted by molar-refractivity contribution is 0.352. The number of aromatic nitrogens is 5. The van der Waals surface area contributed by atoms with Crippen molar-refractivity contribution < 1.29 is 0 Å². The van der Waals surface area contributed by atoms with Crippen molar-refractivity contribution >= 4 is 11.6 Å². The molecule has 0 fully saturated rings. The summed E-state index contributed by atoms with van der Waals surface area (Å²) >= 11 is 0. The third kappa shape index (κ3) is 4.24. The average Bonchev–Trinajstić information content (AvgIpc) is 3.19. The van der Waals surface area contributed by atoms with E-state index in [1.54, 1.807) is 12.4 Å². The van der Waals surface area contributed by atoms with E-state index in [4.69, 9.17) is 10.1 Å². The van der Waals surface area contributed by atoms with Gasteiger partial charge >= 0.3 is 0 Å². The van der Waals surface area contributed by atoms with E-state index in [9.17, 15) is 0 Å². The van der Waals surface area contributed by atoms with Gasteiger partial charge in [0.15, 0.2) is 0 Å². The zero-order chi connectivity index (χ0) is 21.9. The molecule has 162 valence electrons. The number of benzene rings is 1. The van der Waals surface area contributed by atoms with Gasteiger partial charge in [-0.1, -0.05) is 6.07 Å². The van der Waals surface area contributed by atoms with Crippen molar-refractivity contribution in [3.05, 3.63) is 72.3 Å². The summed E-state index contributed by atoms with van der Waals surface area (Å²) < 4.78 is 1.93. The fourth-order valence-electron chi connectivity index (χ4n) is 4.10. The second-order valence-electron chi connectivity index (χ2n) is 8.17. The topological polar surface area (TPSA) is 71.8 Å². The van der Waals surface area contributed by atoms with Crippen molar-refractivity contribution in [2.75, 3.05) is 25.5 Å². The minimum absolute atomic E-state index is 0.578. The zero-order valence-electron chi connectivity index (χ0n) is 18.5. The zero-order valence-corrected chi connectivity index (χ0v) is 18.5. The third-order valence-electron chi connectivity index (χ3n) is 5.94. The Bertz CT molecular complexity index is 1220. The second kappa shape index (κ2) is 8.88. The lowest BCUT2D eigenvalue weighted by Crippen LogP contribution is -2.20. The monoisotopic (exact) mass is 425 g/mol. The minimum Gasteiger partial charge on any atom is -0.324 e. The third-order valence-corrected chi connectivity index (χ3v) is 5.94. The number of hydrogen-bond donors (Lipinski definition) is 1. The van der Waals surface area contributed by atoms with Gasteiger partial charge in [-0.05, 0) is 68.3 Å². The molecule has 1 aliphatic rings. The first kappa shape index (κ1) is 20.3. The number of pyridine rings is 1. The van der Waals surface area contributed by atoms with Crippen LogP contribution in [-0.4, -0.2) is 49.8 Å². The maximum Gasteiger partial charge on any atom is 0.227 e. The molecule has 0 unspecified atom stereocenters. The molecule has 5 rings (SSSR count). The molecule has 0 spiro atoms. The van der Waals surface area contributed by atoms with Crippen LogP contribution in [0.25, 0.3) is 22.5 Å². The van der Waals surface area contributed by atoms with Crippen molar-refractivity contribution in [2.45, 2.75) is 26.3 Å². The molecule has 7 heteroatoms. The van der Waals surface area contributed by atoms with Gasteiger partial charge < -0.3 is 10.2 Å². The Morgan fingerprint density at radius 1 is 1.03 bits per heavy atom. The van der Waals surface area contributed by atoms with Gasteiger partial charge in [0.2, 0.25) is 5.95 Å². The van der Waals surface area contributed by atoms with E-state index in [1.165, 1.54) is 11.1 Å². The molecule has 32 heavy (non-hydrogen) atoms. The van der Waals surface area contributed by atoms with Crippen LogP contribution in [0.1, 0.15) is 18.1 Å². The van der Waals surface area contributed by atoms with Crippen LogP contribution in [-0.2, 0) is 19.4 Å². The predicted molar refractivity (Wildman–Crippen MR) is 127 cm³/mol. The summed E-state index contributed by atoms with van der Waals surface area (Å²) in [5, 5.41) is 8.14. The minimum atomic E-state index is 0.578. The lowest BCUT2D eigenvalue weighted by Gasteiger charge is -2.11. The number of fused-ring (bicyclic) bond motifs is 1. The standard InChI is InChI=1S/C25H27N7/c1-3-32-17-22(24(30-32)20-5-4-11-26-16-20)23-8-12-27-25(29-23)28-21-7-6-18-9-13-31(2)14-10-19(18)15-21/h4-8,11-12,15-17H,3,9-10,13-14H2,1-2H3,(H,27,28,29). The largest absolute Gasteiger partial charge is 0.324 e. The smallest absolute Gasteiger partial charge is 0.227 e. The van der Waals surface area contributed by atoms with Gasteiger partial charge in [-0.25, -0.2) is 9.97 Å². The fraction of sp³-hybridized carbons (Fsp3) is 0.280. The van der Waals surface area contributed by atoms with Gasteiger partial charge in [-0.3, -0.25) is 9.67 Å². The number of nitrogens with one attached hydrogen (secondary N) is 1. The highest BCUT2D eigenvalue weighted by molar-refractivity contribution is 5.78. The van der Waals surface area contributed by atoms with Crippen molar-refractivity contribution in [1.82, 2.24) is 29.6 Å². The number of nitrogens with zero attached hydrogens (tertiary/aromatic N) is 6. The van der Waals surface area contributed by atoms with Crippen molar-refractivity contribution in [3.63, 3.8) is 0 Å². The molecule has 1 aromatic carbocycles. The average molecular weight is 426 g/mol. The first-order valence-electron chi connectivity index (χ1n) is 11.1. The molecular formula is C25H27N7. The molecule has 0 aliphatic carbocycles. The summed E-state index contributed by atoms with van der Waals surface area (Å²) in [4.78, 5) is 15.9. The number of likely N-dealkylation sites (N-methyl/N-ethyl adjacent to an activating group) is 1. The normalized spacial score (nSPS) is 14.1. The van der Waals surface area contributed by atoms with Gasteiger partial charge in [-0.15, -0.1) is 0 Å². The first-order chi connectivity index (χ1) is 15.7. The molecule has 0 radical (unpaired) electrons. The summed E-state index contributed by atoms with van der Waals surface area (Å²) in [6.45, 7) is 5.05. The van der Waals surface area contributed by atoms with Gasteiger partial charge in [-0.2, -0.15) is 5.10 Å². The lowest BCUT2D eigenvalue weighted by atomic mass is 10.0. The van der Waals surface area contributed by atoms with E-state index >= 15 is 0 Å². The molecular weight excluding hydrogens is 398 g/mol. The van der Waals surface area contributed by atoms with Crippen molar-refractivity contribution in [3.8, 4) is 22.5 Å². The van der Waals surface area contributed by atoms with E-state index in [2.05, 4.69) is 52.4 Å². The van der Waals surface area contributed by atoms with Crippen LogP contribution in [0.5, 0.6) is 0 Å². The Morgan fingerprint density at radius 2 is 1.91 bits per heavy atom. The molecule has 4 aromatic rings. The number of rotatable bonds is 5. The Kier molecular flexibility index (Phi) is 5.64. The SMILES string of the molecule is CCn1cc(-c2ccnc(Nc3ccc4c(c3)CCN(C)CC4)n2)c(-c2cccnc2)n1. The molecule has 4 heterocycles. The molecule has 3 aromatic heterocycles. The van der Waals surface area contributed by atoms with Crippen LogP contribution in [0.15, 0.2) is 61.2 Å². The Hall–Kier alpha value is -3.58. The Labute approximate surface area is 188 Å². The van der Waals surface area contributed by atoms with Crippen LogP contribution in [0, 0.1) is 0 Å². The Morgan fingerprint density at radius 3 is 2.72 bits per heavy atom. The summed E-state index contributed by atoms with van der Waals surface area (Å²) in [6.07, 6.45) is 9.58. The molecule has 0 amide bonds. The molecule has 0 bridgehead atoms. The molecule has 0 saturated carbocycles. The van der Waals surface area contributed by atoms with Gasteiger partial charge in [0.05, 0.1) is 5.69 Å². The molecule has 0 atom stereocenters. The summed E-state index contributed by atoms with van der Waals surface area (Å²) in [7, 11) is 2.19. The van der Waals surface area contributed by atoms with Crippen LogP contribution in [0.3, 0.4) is 0 Å².